The molecule has 1 saturated heterocycles. The zero-order valence-electron chi connectivity index (χ0n) is 14.0. The highest BCUT2D eigenvalue weighted by Crippen LogP contribution is 2.28. The highest BCUT2D eigenvalue weighted by Gasteiger charge is 2.26. The molecule has 4 rings (SSSR count). The highest BCUT2D eigenvalue weighted by molar-refractivity contribution is 5.38. The molecule has 3 aromatic heterocycles. The van der Waals surface area contributed by atoms with Crippen LogP contribution in [0, 0.1) is 0 Å². The van der Waals surface area contributed by atoms with Crippen LogP contribution in [0.5, 0.6) is 0 Å². The lowest BCUT2D eigenvalue weighted by atomic mass is 9.97. The first kappa shape index (κ1) is 15.6. The van der Waals surface area contributed by atoms with Crippen molar-refractivity contribution in [3.8, 4) is 0 Å². The van der Waals surface area contributed by atoms with Crippen molar-refractivity contribution in [2.24, 2.45) is 0 Å². The van der Waals surface area contributed by atoms with E-state index in [4.69, 9.17) is 5.73 Å². The van der Waals surface area contributed by atoms with Gasteiger partial charge in [0.1, 0.15) is 11.6 Å². The molecule has 0 aromatic carbocycles. The summed E-state index contributed by atoms with van der Waals surface area (Å²) in [6.45, 7) is 2.53. The number of piperidine rings is 1. The fourth-order valence-corrected chi connectivity index (χ4v) is 3.36. The van der Waals surface area contributed by atoms with Gasteiger partial charge in [0.15, 0.2) is 0 Å². The van der Waals surface area contributed by atoms with Gasteiger partial charge in [-0.15, -0.1) is 0 Å². The van der Waals surface area contributed by atoms with Gasteiger partial charge in [0.25, 0.3) is 0 Å². The van der Waals surface area contributed by atoms with Crippen LogP contribution < -0.4 is 10.6 Å². The second-order valence-electron chi connectivity index (χ2n) is 6.30. The number of hydrogen-bond acceptors (Lipinski definition) is 6. The molecule has 0 unspecified atom stereocenters. The molecule has 2 N–H and O–H groups in total. The van der Waals surface area contributed by atoms with Crippen molar-refractivity contribution in [2.75, 3.05) is 23.7 Å². The maximum Gasteiger partial charge on any atom is 0.227 e. The summed E-state index contributed by atoms with van der Waals surface area (Å²) < 4.78 is 2.19. The number of anilines is 2. The maximum atomic E-state index is 5.80. The third-order valence-electron chi connectivity index (χ3n) is 4.54. The summed E-state index contributed by atoms with van der Waals surface area (Å²) in [7, 11) is 0. The van der Waals surface area contributed by atoms with Crippen LogP contribution in [-0.2, 0) is 6.54 Å². The van der Waals surface area contributed by atoms with E-state index in [2.05, 4.69) is 29.4 Å². The van der Waals surface area contributed by atoms with Crippen LogP contribution in [0.2, 0.25) is 0 Å². The van der Waals surface area contributed by atoms with E-state index < -0.39 is 0 Å². The van der Waals surface area contributed by atoms with E-state index >= 15 is 0 Å². The Labute approximate surface area is 146 Å². The van der Waals surface area contributed by atoms with E-state index in [1.165, 1.54) is 0 Å². The number of nitrogens with zero attached hydrogens (tertiary/aromatic N) is 6. The van der Waals surface area contributed by atoms with Gasteiger partial charge in [-0.05, 0) is 31.0 Å². The molecule has 4 heterocycles. The lowest BCUT2D eigenvalue weighted by Gasteiger charge is -2.32. The topological polar surface area (TPSA) is 85.8 Å². The molecule has 0 aliphatic carbocycles. The summed E-state index contributed by atoms with van der Waals surface area (Å²) in [5.74, 6) is 2.65. The van der Waals surface area contributed by atoms with Gasteiger partial charge in [0.05, 0.1) is 12.2 Å². The quantitative estimate of drug-likeness (QED) is 0.786. The normalized spacial score (nSPS) is 17.6. The first-order valence-corrected chi connectivity index (χ1v) is 8.54. The Bertz CT molecular complexity index is 830. The summed E-state index contributed by atoms with van der Waals surface area (Å²) in [6, 6.07) is 7.70. The van der Waals surface area contributed by atoms with Crippen molar-refractivity contribution in [3.05, 3.63) is 60.6 Å². The standard InChI is InChI=1S/C18H21N7/c19-16-6-8-22-18(23-16)25-10-3-4-14(12-25)17-21-9-11-24(17)13-15-5-1-2-7-20-15/h1-2,5-9,11,14H,3-4,10,12-13H2,(H2,19,22,23)/t14-/m1/s1. The Morgan fingerprint density at radius 2 is 2.04 bits per heavy atom. The minimum atomic E-state index is 0.345. The van der Waals surface area contributed by atoms with Crippen LogP contribution >= 0.6 is 0 Å². The van der Waals surface area contributed by atoms with Crippen molar-refractivity contribution in [1.29, 1.82) is 0 Å². The Balaban J connectivity index is 1.53. The van der Waals surface area contributed by atoms with E-state index in [1.54, 1.807) is 12.3 Å². The van der Waals surface area contributed by atoms with Crippen LogP contribution in [-0.4, -0.2) is 37.6 Å². The van der Waals surface area contributed by atoms with Gasteiger partial charge in [0, 0.05) is 43.8 Å². The van der Waals surface area contributed by atoms with Gasteiger partial charge in [-0.3, -0.25) is 4.98 Å². The van der Waals surface area contributed by atoms with Gasteiger partial charge >= 0.3 is 0 Å². The Hall–Kier alpha value is -2.96. The minimum absolute atomic E-state index is 0.345. The lowest BCUT2D eigenvalue weighted by molar-refractivity contribution is 0.471. The van der Waals surface area contributed by atoms with Gasteiger partial charge in [-0.1, -0.05) is 6.07 Å². The molecule has 7 heteroatoms. The number of aromatic nitrogens is 5. The Morgan fingerprint density at radius 3 is 2.88 bits per heavy atom. The molecule has 0 spiro atoms. The first-order valence-electron chi connectivity index (χ1n) is 8.54. The minimum Gasteiger partial charge on any atom is -0.384 e. The van der Waals surface area contributed by atoms with Crippen molar-refractivity contribution in [2.45, 2.75) is 25.3 Å². The van der Waals surface area contributed by atoms with Crippen LogP contribution in [0.25, 0.3) is 0 Å². The molecule has 1 fully saturated rings. The zero-order chi connectivity index (χ0) is 17.1. The average molecular weight is 335 g/mol. The fraction of sp³-hybridized carbons (Fsp3) is 0.333. The molecule has 1 aliphatic rings. The zero-order valence-corrected chi connectivity index (χ0v) is 14.0. The average Bonchev–Trinajstić information content (AvgIpc) is 3.11. The second-order valence-corrected chi connectivity index (χ2v) is 6.30. The van der Waals surface area contributed by atoms with Crippen LogP contribution in [0.3, 0.4) is 0 Å². The monoisotopic (exact) mass is 335 g/mol. The van der Waals surface area contributed by atoms with Gasteiger partial charge in [-0.2, -0.15) is 4.98 Å². The molecule has 3 aromatic rings. The summed E-state index contributed by atoms with van der Waals surface area (Å²) in [4.78, 5) is 20.0. The smallest absolute Gasteiger partial charge is 0.227 e. The SMILES string of the molecule is Nc1ccnc(N2CCC[C@@H](c3nccn3Cc3ccccn3)C2)n1. The van der Waals surface area contributed by atoms with E-state index in [0.717, 1.165) is 44.0 Å². The summed E-state index contributed by atoms with van der Waals surface area (Å²) in [5, 5.41) is 0. The predicted molar refractivity (Wildman–Crippen MR) is 96.2 cm³/mol. The number of hydrogen-bond donors (Lipinski definition) is 1. The van der Waals surface area contributed by atoms with Crippen molar-refractivity contribution >= 4 is 11.8 Å². The van der Waals surface area contributed by atoms with Crippen molar-refractivity contribution < 1.29 is 0 Å². The molecule has 128 valence electrons. The van der Waals surface area contributed by atoms with E-state index in [-0.39, 0.29) is 0 Å². The van der Waals surface area contributed by atoms with Crippen molar-refractivity contribution in [1.82, 2.24) is 24.5 Å². The summed E-state index contributed by atoms with van der Waals surface area (Å²) >= 11 is 0. The number of pyridine rings is 1. The van der Waals surface area contributed by atoms with Gasteiger partial charge in [-0.25, -0.2) is 9.97 Å². The fourth-order valence-electron chi connectivity index (χ4n) is 3.36. The van der Waals surface area contributed by atoms with Gasteiger partial charge in [0.2, 0.25) is 5.95 Å². The lowest BCUT2D eigenvalue weighted by Crippen LogP contribution is -2.36. The Morgan fingerprint density at radius 1 is 1.08 bits per heavy atom. The van der Waals surface area contributed by atoms with Crippen molar-refractivity contribution in [3.63, 3.8) is 0 Å². The summed E-state index contributed by atoms with van der Waals surface area (Å²) in [6.07, 6.45) is 9.63. The molecule has 0 saturated carbocycles. The van der Waals surface area contributed by atoms with E-state index in [0.29, 0.717) is 17.7 Å². The molecule has 7 nitrogen and oxygen atoms in total. The first-order chi connectivity index (χ1) is 12.3. The van der Waals surface area contributed by atoms with Crippen LogP contribution in [0.1, 0.15) is 30.3 Å². The third kappa shape index (κ3) is 3.45. The molecular weight excluding hydrogens is 314 g/mol. The molecule has 0 radical (unpaired) electrons. The number of rotatable bonds is 4. The van der Waals surface area contributed by atoms with Crippen LogP contribution in [0.15, 0.2) is 49.1 Å². The van der Waals surface area contributed by atoms with E-state index in [1.807, 2.05) is 36.8 Å². The molecular formula is C18H21N7. The number of nitrogens with two attached hydrogens (primary N) is 1. The molecule has 1 aliphatic heterocycles. The van der Waals surface area contributed by atoms with Crippen LogP contribution in [0.4, 0.5) is 11.8 Å². The molecule has 25 heavy (non-hydrogen) atoms. The summed E-state index contributed by atoms with van der Waals surface area (Å²) in [5.41, 5.74) is 6.84. The predicted octanol–water partition coefficient (Wildman–Crippen LogP) is 2.08. The maximum absolute atomic E-state index is 5.80. The number of imidazole rings is 1. The van der Waals surface area contributed by atoms with Gasteiger partial charge < -0.3 is 15.2 Å². The highest BCUT2D eigenvalue weighted by atomic mass is 15.3. The molecule has 1 atom stereocenters. The van der Waals surface area contributed by atoms with E-state index in [9.17, 15) is 0 Å². The molecule has 0 bridgehead atoms. The second kappa shape index (κ2) is 6.88. The third-order valence-corrected chi connectivity index (χ3v) is 4.54. The number of nitrogen functional groups attached to an aromatic ring is 1. The largest absolute Gasteiger partial charge is 0.384 e. The molecule has 0 amide bonds. The Kier molecular flexibility index (Phi) is 4.28.